The Balaban J connectivity index is 1.66. The van der Waals surface area contributed by atoms with Gasteiger partial charge >= 0.3 is 0 Å². The first-order valence-electron chi connectivity index (χ1n) is 9.95. The summed E-state index contributed by atoms with van der Waals surface area (Å²) >= 11 is 1.16. The molecular weight excluding hydrogens is 434 g/mol. The average molecular weight is 458 g/mol. The van der Waals surface area contributed by atoms with Crippen molar-refractivity contribution in [3.63, 3.8) is 0 Å². The molecule has 7 nitrogen and oxygen atoms in total. The number of hydrogen-bond acceptors (Lipinski definition) is 6. The molecule has 1 saturated heterocycles. The Hall–Kier alpha value is -2.65. The second-order valence-corrected chi connectivity index (χ2v) is 11.0. The Labute approximate surface area is 184 Å². The molecule has 4 rings (SSSR count). The normalized spacial score (nSPS) is 17.7. The molecule has 2 aromatic carbocycles. The zero-order valence-electron chi connectivity index (χ0n) is 17.3. The van der Waals surface area contributed by atoms with Gasteiger partial charge in [-0.3, -0.25) is 14.2 Å². The van der Waals surface area contributed by atoms with Crippen LogP contribution >= 0.6 is 11.8 Å². The van der Waals surface area contributed by atoms with Crippen molar-refractivity contribution in [2.75, 3.05) is 17.3 Å². The number of fused-ring (bicyclic) bond motifs is 1. The third kappa shape index (κ3) is 4.83. The van der Waals surface area contributed by atoms with Gasteiger partial charge in [0.2, 0.25) is 5.91 Å². The summed E-state index contributed by atoms with van der Waals surface area (Å²) in [5, 5.41) is 3.71. The van der Waals surface area contributed by atoms with Gasteiger partial charge in [0.1, 0.15) is 0 Å². The standard InChI is InChI=1S/C22H23N3O4S2/c1-14-9-15(2)11-17(10-14)25-21(27)18-5-3-4-6-19(18)24-22(25)30-12-20(26)23-16-7-8-31(28,29)13-16/h3-6,9-11,16H,7-8,12-13H2,1-2H3,(H,23,26). The SMILES string of the molecule is Cc1cc(C)cc(-n2c(SCC(=O)NC3CCS(=O)(=O)C3)nc3ccccc3c2=O)c1. The summed E-state index contributed by atoms with van der Waals surface area (Å²) < 4.78 is 24.8. The maximum Gasteiger partial charge on any atom is 0.266 e. The number of carbonyl (C=O) groups excluding carboxylic acids is 1. The van der Waals surface area contributed by atoms with Gasteiger partial charge in [0.25, 0.3) is 5.56 Å². The predicted octanol–water partition coefficient (Wildman–Crippen LogP) is 2.40. The molecule has 3 aromatic rings. The lowest BCUT2D eigenvalue weighted by Gasteiger charge is -2.15. The van der Waals surface area contributed by atoms with Crippen molar-refractivity contribution in [3.8, 4) is 5.69 Å². The summed E-state index contributed by atoms with van der Waals surface area (Å²) in [6.07, 6.45) is 0.431. The van der Waals surface area contributed by atoms with E-state index in [0.717, 1.165) is 22.9 Å². The lowest BCUT2D eigenvalue weighted by molar-refractivity contribution is -0.119. The van der Waals surface area contributed by atoms with Crippen LogP contribution in [0, 0.1) is 13.8 Å². The molecule has 0 bridgehead atoms. The molecule has 0 aliphatic carbocycles. The van der Waals surface area contributed by atoms with Crippen LogP contribution in [0.4, 0.5) is 0 Å². The zero-order valence-corrected chi connectivity index (χ0v) is 18.9. The van der Waals surface area contributed by atoms with E-state index < -0.39 is 9.84 Å². The van der Waals surface area contributed by atoms with E-state index in [9.17, 15) is 18.0 Å². The largest absolute Gasteiger partial charge is 0.352 e. The summed E-state index contributed by atoms with van der Waals surface area (Å²) in [7, 11) is -3.07. The van der Waals surface area contributed by atoms with Gasteiger partial charge in [0, 0.05) is 6.04 Å². The van der Waals surface area contributed by atoms with Crippen molar-refractivity contribution in [1.29, 1.82) is 0 Å². The number of nitrogens with one attached hydrogen (secondary N) is 1. The highest BCUT2D eigenvalue weighted by Crippen LogP contribution is 2.23. The smallest absolute Gasteiger partial charge is 0.266 e. The monoisotopic (exact) mass is 457 g/mol. The average Bonchev–Trinajstić information content (AvgIpc) is 3.04. The van der Waals surface area contributed by atoms with Gasteiger partial charge in [-0.15, -0.1) is 0 Å². The maximum absolute atomic E-state index is 13.3. The van der Waals surface area contributed by atoms with Gasteiger partial charge in [0.05, 0.1) is 33.8 Å². The van der Waals surface area contributed by atoms with E-state index in [1.54, 1.807) is 22.8 Å². The van der Waals surface area contributed by atoms with Crippen molar-refractivity contribution in [1.82, 2.24) is 14.9 Å². The molecule has 1 atom stereocenters. The Kier molecular flexibility index (Phi) is 5.90. The minimum Gasteiger partial charge on any atom is -0.352 e. The number of aromatic nitrogens is 2. The molecule has 2 heterocycles. The molecule has 162 valence electrons. The molecule has 0 spiro atoms. The van der Waals surface area contributed by atoms with E-state index >= 15 is 0 Å². The van der Waals surface area contributed by atoms with Crippen LogP contribution in [0.3, 0.4) is 0 Å². The number of hydrogen-bond donors (Lipinski definition) is 1. The molecule has 1 aliphatic rings. The Morgan fingerprint density at radius 1 is 1.19 bits per heavy atom. The van der Waals surface area contributed by atoms with Crippen molar-refractivity contribution in [3.05, 3.63) is 63.9 Å². The van der Waals surface area contributed by atoms with E-state index in [1.165, 1.54) is 0 Å². The first-order chi connectivity index (χ1) is 14.7. The quantitative estimate of drug-likeness (QED) is 0.467. The van der Waals surface area contributed by atoms with Gasteiger partial charge in [-0.1, -0.05) is 30.0 Å². The third-order valence-electron chi connectivity index (χ3n) is 5.14. The summed E-state index contributed by atoms with van der Waals surface area (Å²) in [5.41, 5.74) is 3.11. The molecule has 0 radical (unpaired) electrons. The molecule has 1 unspecified atom stereocenters. The molecule has 1 aromatic heterocycles. The van der Waals surface area contributed by atoms with Crippen LogP contribution in [0.25, 0.3) is 16.6 Å². The Bertz CT molecular complexity index is 1310. The highest BCUT2D eigenvalue weighted by molar-refractivity contribution is 7.99. The number of thioether (sulfide) groups is 1. The van der Waals surface area contributed by atoms with Crippen molar-refractivity contribution in [2.45, 2.75) is 31.5 Å². The molecule has 1 fully saturated rings. The van der Waals surface area contributed by atoms with Gasteiger partial charge in [-0.2, -0.15) is 0 Å². The highest BCUT2D eigenvalue weighted by atomic mass is 32.2. The second kappa shape index (κ2) is 8.47. The summed E-state index contributed by atoms with van der Waals surface area (Å²) in [4.78, 5) is 30.4. The fourth-order valence-corrected chi connectivity index (χ4v) is 6.32. The fourth-order valence-electron chi connectivity index (χ4n) is 3.82. The van der Waals surface area contributed by atoms with Crippen LogP contribution in [0.5, 0.6) is 0 Å². The first-order valence-corrected chi connectivity index (χ1v) is 12.8. The van der Waals surface area contributed by atoms with Crippen molar-refractivity contribution < 1.29 is 13.2 Å². The van der Waals surface area contributed by atoms with Gasteiger partial charge in [-0.25, -0.2) is 13.4 Å². The molecular formula is C22H23N3O4S2. The van der Waals surface area contributed by atoms with Crippen LogP contribution in [0.15, 0.2) is 52.4 Å². The minimum absolute atomic E-state index is 0.0229. The molecule has 0 saturated carbocycles. The lowest BCUT2D eigenvalue weighted by atomic mass is 10.1. The second-order valence-electron chi connectivity index (χ2n) is 7.85. The zero-order chi connectivity index (χ0) is 22.2. The molecule has 31 heavy (non-hydrogen) atoms. The van der Waals surface area contributed by atoms with E-state index in [-0.39, 0.29) is 34.8 Å². The molecule has 9 heteroatoms. The van der Waals surface area contributed by atoms with E-state index in [0.29, 0.717) is 28.2 Å². The summed E-state index contributed by atoms with van der Waals surface area (Å²) in [6, 6.07) is 12.6. The van der Waals surface area contributed by atoms with E-state index in [4.69, 9.17) is 0 Å². The number of nitrogens with zero attached hydrogens (tertiary/aromatic N) is 2. The van der Waals surface area contributed by atoms with Crippen molar-refractivity contribution >= 4 is 38.4 Å². The lowest BCUT2D eigenvalue weighted by Crippen LogP contribution is -2.36. The van der Waals surface area contributed by atoms with Crippen LogP contribution in [-0.4, -0.2) is 47.2 Å². The first kappa shape index (κ1) is 21.6. The van der Waals surface area contributed by atoms with Gasteiger partial charge in [-0.05, 0) is 55.7 Å². The van der Waals surface area contributed by atoms with Crippen molar-refractivity contribution in [2.24, 2.45) is 0 Å². The van der Waals surface area contributed by atoms with Crippen LogP contribution < -0.4 is 10.9 Å². The Morgan fingerprint density at radius 2 is 1.90 bits per heavy atom. The van der Waals surface area contributed by atoms with Crippen LogP contribution in [0.2, 0.25) is 0 Å². The number of aryl methyl sites for hydroxylation is 2. The predicted molar refractivity (Wildman–Crippen MR) is 123 cm³/mol. The number of amides is 1. The van der Waals surface area contributed by atoms with Crippen LogP contribution in [-0.2, 0) is 14.6 Å². The number of benzene rings is 2. The maximum atomic E-state index is 13.3. The number of sulfone groups is 1. The van der Waals surface area contributed by atoms with E-state index in [1.807, 2.05) is 38.1 Å². The number of para-hydroxylation sites is 1. The summed E-state index contributed by atoms with van der Waals surface area (Å²) in [5.74, 6) is -0.165. The minimum atomic E-state index is -3.07. The number of rotatable bonds is 5. The summed E-state index contributed by atoms with van der Waals surface area (Å²) in [6.45, 7) is 3.93. The number of carbonyl (C=O) groups is 1. The molecule has 1 N–H and O–H groups in total. The Morgan fingerprint density at radius 3 is 2.58 bits per heavy atom. The third-order valence-corrected chi connectivity index (χ3v) is 7.85. The van der Waals surface area contributed by atoms with Gasteiger partial charge < -0.3 is 5.32 Å². The highest BCUT2D eigenvalue weighted by Gasteiger charge is 2.29. The van der Waals surface area contributed by atoms with E-state index in [2.05, 4.69) is 10.3 Å². The fraction of sp³-hybridized carbons (Fsp3) is 0.318. The molecule has 1 amide bonds. The van der Waals surface area contributed by atoms with Gasteiger partial charge in [0.15, 0.2) is 15.0 Å². The molecule has 1 aliphatic heterocycles. The van der Waals surface area contributed by atoms with Crippen LogP contribution in [0.1, 0.15) is 17.5 Å². The topological polar surface area (TPSA) is 98.1 Å².